The van der Waals surface area contributed by atoms with Crippen molar-refractivity contribution in [3.63, 3.8) is 0 Å². The molecule has 0 radical (unpaired) electrons. The van der Waals surface area contributed by atoms with E-state index in [1.54, 1.807) is 0 Å². The topological polar surface area (TPSA) is 21.3 Å². The molecule has 1 fully saturated rings. The van der Waals surface area contributed by atoms with Gasteiger partial charge in [-0.1, -0.05) is 34.1 Å². The first kappa shape index (κ1) is 14.0. The summed E-state index contributed by atoms with van der Waals surface area (Å²) >= 11 is 3.63. The third-order valence-corrected chi connectivity index (χ3v) is 4.74. The Morgan fingerprint density at radius 3 is 2.78 bits per heavy atom. The highest BCUT2D eigenvalue weighted by Crippen LogP contribution is 2.30. The number of ether oxygens (including phenoxy) is 1. The van der Waals surface area contributed by atoms with Crippen molar-refractivity contribution in [3.05, 3.63) is 34.3 Å². The van der Waals surface area contributed by atoms with Gasteiger partial charge in [-0.2, -0.15) is 0 Å². The van der Waals surface area contributed by atoms with Crippen molar-refractivity contribution in [2.75, 3.05) is 13.7 Å². The Hall–Kier alpha value is -0.380. The second kappa shape index (κ2) is 6.18. The van der Waals surface area contributed by atoms with Crippen LogP contribution >= 0.6 is 15.9 Å². The normalized spacial score (nSPS) is 25.9. The van der Waals surface area contributed by atoms with Crippen LogP contribution in [0.15, 0.2) is 28.7 Å². The summed E-state index contributed by atoms with van der Waals surface area (Å²) in [5.41, 5.74) is 1.30. The Balaban J connectivity index is 2.11. The van der Waals surface area contributed by atoms with Gasteiger partial charge in [-0.05, 0) is 51.3 Å². The Morgan fingerprint density at radius 2 is 2.17 bits per heavy atom. The molecule has 2 nitrogen and oxygen atoms in total. The first-order valence-corrected chi connectivity index (χ1v) is 7.49. The van der Waals surface area contributed by atoms with E-state index in [9.17, 15) is 0 Å². The number of benzene rings is 1. The van der Waals surface area contributed by atoms with Crippen LogP contribution in [0.2, 0.25) is 0 Å². The van der Waals surface area contributed by atoms with Crippen molar-refractivity contribution in [2.24, 2.45) is 0 Å². The number of likely N-dealkylation sites (N-methyl/N-ethyl adjacent to an activating group) is 1. The molecule has 1 heterocycles. The third-order valence-electron chi connectivity index (χ3n) is 3.97. The van der Waals surface area contributed by atoms with Gasteiger partial charge in [0.25, 0.3) is 0 Å². The Labute approximate surface area is 118 Å². The molecule has 2 rings (SSSR count). The second-order valence-corrected chi connectivity index (χ2v) is 6.11. The van der Waals surface area contributed by atoms with Crippen molar-refractivity contribution in [3.8, 4) is 0 Å². The predicted octanol–water partition coefficient (Wildman–Crippen LogP) is 3.54. The Morgan fingerprint density at radius 1 is 1.39 bits per heavy atom. The molecular weight excluding hydrogens is 290 g/mol. The standard InChI is InChI=1S/C15H22BrNO/c1-15(9-5-6-10-18-15)14(17-2)11-12-7-3-4-8-13(12)16/h3-4,7-8,14,17H,5-6,9-11H2,1-2H3. The molecule has 1 aromatic carbocycles. The van der Waals surface area contributed by atoms with Gasteiger partial charge in [0.15, 0.2) is 0 Å². The molecule has 0 spiro atoms. The average molecular weight is 312 g/mol. The number of nitrogens with one attached hydrogen (secondary N) is 1. The van der Waals surface area contributed by atoms with E-state index in [-0.39, 0.29) is 5.60 Å². The van der Waals surface area contributed by atoms with Crippen molar-refractivity contribution >= 4 is 15.9 Å². The van der Waals surface area contributed by atoms with Crippen LogP contribution in [0, 0.1) is 0 Å². The summed E-state index contributed by atoms with van der Waals surface area (Å²) in [7, 11) is 2.03. The molecule has 0 amide bonds. The van der Waals surface area contributed by atoms with Gasteiger partial charge < -0.3 is 10.1 Å². The summed E-state index contributed by atoms with van der Waals surface area (Å²) in [4.78, 5) is 0. The highest BCUT2D eigenvalue weighted by atomic mass is 79.9. The average Bonchev–Trinajstić information content (AvgIpc) is 2.38. The minimum atomic E-state index is -0.0394. The second-order valence-electron chi connectivity index (χ2n) is 5.26. The van der Waals surface area contributed by atoms with Crippen LogP contribution in [-0.4, -0.2) is 25.3 Å². The highest BCUT2D eigenvalue weighted by Gasteiger charge is 2.36. The van der Waals surface area contributed by atoms with Gasteiger partial charge in [-0.25, -0.2) is 0 Å². The first-order chi connectivity index (χ1) is 8.65. The summed E-state index contributed by atoms with van der Waals surface area (Å²) < 4.78 is 7.24. The first-order valence-electron chi connectivity index (χ1n) is 6.70. The molecule has 1 N–H and O–H groups in total. The predicted molar refractivity (Wildman–Crippen MR) is 78.9 cm³/mol. The number of hydrogen-bond donors (Lipinski definition) is 1. The molecule has 1 aromatic rings. The van der Waals surface area contributed by atoms with Crippen molar-refractivity contribution in [1.82, 2.24) is 5.32 Å². The summed E-state index contributed by atoms with van der Waals surface area (Å²) in [5, 5.41) is 3.44. The number of rotatable bonds is 4. The van der Waals surface area contributed by atoms with Gasteiger partial charge in [0.2, 0.25) is 0 Å². The molecule has 1 aliphatic heterocycles. The van der Waals surface area contributed by atoms with E-state index >= 15 is 0 Å². The number of halogens is 1. The molecule has 1 aliphatic rings. The maximum absolute atomic E-state index is 6.05. The summed E-state index contributed by atoms with van der Waals surface area (Å²) in [5.74, 6) is 0. The van der Waals surface area contributed by atoms with Gasteiger partial charge in [0, 0.05) is 17.1 Å². The van der Waals surface area contributed by atoms with Crippen LogP contribution in [0.5, 0.6) is 0 Å². The minimum absolute atomic E-state index is 0.0394. The largest absolute Gasteiger partial charge is 0.374 e. The third kappa shape index (κ3) is 3.14. The molecule has 0 saturated carbocycles. The molecule has 100 valence electrons. The fraction of sp³-hybridized carbons (Fsp3) is 0.600. The lowest BCUT2D eigenvalue weighted by atomic mass is 9.85. The molecule has 2 atom stereocenters. The van der Waals surface area contributed by atoms with Crippen molar-refractivity contribution in [1.29, 1.82) is 0 Å². The number of hydrogen-bond acceptors (Lipinski definition) is 2. The van der Waals surface area contributed by atoms with Crippen molar-refractivity contribution in [2.45, 2.75) is 44.2 Å². The fourth-order valence-corrected chi connectivity index (χ4v) is 3.18. The molecule has 18 heavy (non-hydrogen) atoms. The van der Waals surface area contributed by atoms with Gasteiger partial charge in [-0.15, -0.1) is 0 Å². The Bertz CT molecular complexity index is 388. The molecular formula is C15H22BrNO. The van der Waals surface area contributed by atoms with E-state index in [0.29, 0.717) is 6.04 Å². The minimum Gasteiger partial charge on any atom is -0.374 e. The molecule has 3 heteroatoms. The zero-order chi connectivity index (χ0) is 13.0. The van der Waals surface area contributed by atoms with E-state index in [1.165, 1.54) is 22.9 Å². The summed E-state index contributed by atoms with van der Waals surface area (Å²) in [6.07, 6.45) is 4.60. The maximum atomic E-state index is 6.05. The van der Waals surface area contributed by atoms with Gasteiger partial charge in [0.1, 0.15) is 0 Å². The smallest absolute Gasteiger partial charge is 0.0809 e. The van der Waals surface area contributed by atoms with E-state index in [1.807, 2.05) is 7.05 Å². The monoisotopic (exact) mass is 311 g/mol. The Kier molecular flexibility index (Phi) is 4.82. The SMILES string of the molecule is CNC(Cc1ccccc1Br)C1(C)CCCCO1. The van der Waals surface area contributed by atoms with Crippen LogP contribution < -0.4 is 5.32 Å². The quantitative estimate of drug-likeness (QED) is 0.918. The van der Waals surface area contributed by atoms with Crippen LogP contribution in [0.1, 0.15) is 31.7 Å². The van der Waals surface area contributed by atoms with Crippen LogP contribution in [0.25, 0.3) is 0 Å². The lowest BCUT2D eigenvalue weighted by molar-refractivity contribution is -0.0871. The lowest BCUT2D eigenvalue weighted by Crippen LogP contribution is -2.52. The van der Waals surface area contributed by atoms with E-state index in [0.717, 1.165) is 19.4 Å². The zero-order valence-electron chi connectivity index (χ0n) is 11.2. The van der Waals surface area contributed by atoms with E-state index in [4.69, 9.17) is 4.74 Å². The van der Waals surface area contributed by atoms with Gasteiger partial charge >= 0.3 is 0 Å². The molecule has 0 aromatic heterocycles. The highest BCUT2D eigenvalue weighted by molar-refractivity contribution is 9.10. The molecule has 0 bridgehead atoms. The van der Waals surface area contributed by atoms with Crippen LogP contribution in [-0.2, 0) is 11.2 Å². The zero-order valence-corrected chi connectivity index (χ0v) is 12.8. The maximum Gasteiger partial charge on any atom is 0.0809 e. The van der Waals surface area contributed by atoms with E-state index < -0.39 is 0 Å². The molecule has 2 unspecified atom stereocenters. The lowest BCUT2D eigenvalue weighted by Gasteiger charge is -2.40. The van der Waals surface area contributed by atoms with E-state index in [2.05, 4.69) is 52.4 Å². The molecule has 0 aliphatic carbocycles. The van der Waals surface area contributed by atoms with Gasteiger partial charge in [0.05, 0.1) is 5.60 Å². The molecule has 1 saturated heterocycles. The summed E-state index contributed by atoms with van der Waals surface area (Å²) in [6.45, 7) is 3.13. The van der Waals surface area contributed by atoms with Gasteiger partial charge in [-0.3, -0.25) is 0 Å². The van der Waals surface area contributed by atoms with Crippen LogP contribution in [0.3, 0.4) is 0 Å². The fourth-order valence-electron chi connectivity index (χ4n) is 2.74. The van der Waals surface area contributed by atoms with Crippen molar-refractivity contribution < 1.29 is 4.74 Å². The van der Waals surface area contributed by atoms with Crippen LogP contribution in [0.4, 0.5) is 0 Å². The summed E-state index contributed by atoms with van der Waals surface area (Å²) in [6, 6.07) is 8.79.